The van der Waals surface area contributed by atoms with E-state index in [1.165, 1.54) is 12.8 Å². The number of hydrogen-bond acceptors (Lipinski definition) is 6. The molecule has 3 rings (SSSR count). The minimum Gasteiger partial charge on any atom is -0.493 e. The Morgan fingerprint density at radius 1 is 0.925 bits per heavy atom. The lowest BCUT2D eigenvalue weighted by Gasteiger charge is -2.32. The molecule has 0 spiro atoms. The Morgan fingerprint density at radius 3 is 2.20 bits per heavy atom. The zero-order valence-corrected chi connectivity index (χ0v) is 24.9. The number of rotatable bonds is 14. The molecule has 220 valence electrons. The summed E-state index contributed by atoms with van der Waals surface area (Å²) in [4.78, 5) is 28.8. The highest BCUT2D eigenvalue weighted by molar-refractivity contribution is 6.27. The van der Waals surface area contributed by atoms with Crippen LogP contribution in [0.5, 0.6) is 23.0 Å². The van der Waals surface area contributed by atoms with Gasteiger partial charge < -0.3 is 29.2 Å². The Bertz CT molecular complexity index is 1100. The van der Waals surface area contributed by atoms with Crippen LogP contribution in [0.4, 0.5) is 0 Å². The molecule has 1 aliphatic carbocycles. The van der Waals surface area contributed by atoms with Gasteiger partial charge in [-0.05, 0) is 61.1 Å². The van der Waals surface area contributed by atoms with Crippen LogP contribution < -0.4 is 24.3 Å². The summed E-state index contributed by atoms with van der Waals surface area (Å²) >= 11 is 6.10. The highest BCUT2D eigenvalue weighted by Crippen LogP contribution is 2.34. The fourth-order valence-corrected chi connectivity index (χ4v) is 5.28. The van der Waals surface area contributed by atoms with Crippen LogP contribution in [0.2, 0.25) is 0 Å². The Labute approximate surface area is 243 Å². The van der Waals surface area contributed by atoms with Gasteiger partial charge in [-0.1, -0.05) is 44.7 Å². The first-order chi connectivity index (χ1) is 19.4. The van der Waals surface area contributed by atoms with Gasteiger partial charge in [0.2, 0.25) is 11.8 Å². The average molecular weight is 575 g/mol. The number of carbonyl (C=O) groups is 2. The molecule has 1 saturated carbocycles. The van der Waals surface area contributed by atoms with Crippen molar-refractivity contribution in [2.75, 3.05) is 40.4 Å². The summed E-state index contributed by atoms with van der Waals surface area (Å²) in [5.41, 5.74) is 1.58. The number of ether oxygens (including phenoxy) is 4. The van der Waals surface area contributed by atoms with E-state index >= 15 is 0 Å². The van der Waals surface area contributed by atoms with Crippen LogP contribution in [0.1, 0.15) is 69.0 Å². The third-order valence-electron chi connectivity index (χ3n) is 7.25. The summed E-state index contributed by atoms with van der Waals surface area (Å²) in [6.45, 7) is 2.85. The van der Waals surface area contributed by atoms with Gasteiger partial charge in [0.25, 0.3) is 0 Å². The van der Waals surface area contributed by atoms with E-state index in [0.717, 1.165) is 37.7 Å². The van der Waals surface area contributed by atoms with E-state index in [2.05, 4.69) is 5.32 Å². The molecule has 0 saturated heterocycles. The quantitative estimate of drug-likeness (QED) is 0.230. The van der Waals surface area contributed by atoms with Gasteiger partial charge in [0.15, 0.2) is 23.0 Å². The van der Waals surface area contributed by atoms with Crippen LogP contribution >= 0.6 is 11.6 Å². The number of alkyl halides is 1. The van der Waals surface area contributed by atoms with Crippen molar-refractivity contribution in [2.45, 2.75) is 70.4 Å². The molecule has 8 nitrogen and oxygen atoms in total. The summed E-state index contributed by atoms with van der Waals surface area (Å²) in [6.07, 6.45) is 7.72. The van der Waals surface area contributed by atoms with Crippen molar-refractivity contribution in [3.05, 3.63) is 47.5 Å². The Balaban J connectivity index is 1.96. The van der Waals surface area contributed by atoms with Crippen LogP contribution in [0.3, 0.4) is 0 Å². The summed E-state index contributed by atoms with van der Waals surface area (Å²) in [6, 6.07) is 10.2. The number of amides is 2. The second-order valence-corrected chi connectivity index (χ2v) is 10.3. The van der Waals surface area contributed by atoms with Crippen LogP contribution in [0, 0.1) is 0 Å². The molecule has 0 bridgehead atoms. The molecule has 0 aromatic heterocycles. The minimum absolute atomic E-state index is 0.0744. The number of halogens is 1. The van der Waals surface area contributed by atoms with Gasteiger partial charge >= 0.3 is 0 Å². The molecule has 0 heterocycles. The first kappa shape index (κ1) is 31.4. The molecule has 9 heteroatoms. The molecular formula is C31H43ClN2O6. The van der Waals surface area contributed by atoms with Crippen molar-refractivity contribution in [3.8, 4) is 23.0 Å². The fourth-order valence-electron chi connectivity index (χ4n) is 5.12. The maximum absolute atomic E-state index is 14.0. The number of benzene rings is 2. The number of carbonyl (C=O) groups excluding carboxylic acids is 2. The minimum atomic E-state index is -0.885. The lowest BCUT2D eigenvalue weighted by Crippen LogP contribution is -2.47. The zero-order chi connectivity index (χ0) is 28.9. The normalized spacial score (nSPS) is 14.5. The molecule has 2 aromatic carbocycles. The maximum atomic E-state index is 14.0. The van der Waals surface area contributed by atoms with Gasteiger partial charge in [0.1, 0.15) is 11.9 Å². The Hall–Kier alpha value is -3.13. The summed E-state index contributed by atoms with van der Waals surface area (Å²) < 4.78 is 22.2. The monoisotopic (exact) mass is 574 g/mol. The van der Waals surface area contributed by atoms with Crippen molar-refractivity contribution < 1.29 is 28.5 Å². The SMILES string of the molecule is CCCOc1ccc([C@@H](C(=O)NC2CCCCCC2)N(CCc2ccc(OC)c(OC)c2)C(=O)CCl)cc1OC. The fraction of sp³-hybridized carbons (Fsp3) is 0.548. The van der Waals surface area contributed by atoms with E-state index in [-0.39, 0.29) is 30.3 Å². The Kier molecular flexibility index (Phi) is 12.7. The topological polar surface area (TPSA) is 86.3 Å². The summed E-state index contributed by atoms with van der Waals surface area (Å²) in [5, 5.41) is 3.25. The van der Waals surface area contributed by atoms with Gasteiger partial charge in [-0.3, -0.25) is 9.59 Å². The number of nitrogens with one attached hydrogen (secondary N) is 1. The van der Waals surface area contributed by atoms with Gasteiger partial charge in [-0.25, -0.2) is 0 Å². The molecule has 1 aliphatic rings. The second kappa shape index (κ2) is 16.2. The van der Waals surface area contributed by atoms with E-state index in [1.54, 1.807) is 38.4 Å². The maximum Gasteiger partial charge on any atom is 0.247 e. The molecule has 0 unspecified atom stereocenters. The summed E-state index contributed by atoms with van der Waals surface area (Å²) in [7, 11) is 4.74. The molecule has 0 aliphatic heterocycles. The van der Waals surface area contributed by atoms with Crippen LogP contribution in [-0.4, -0.2) is 63.1 Å². The molecule has 2 amide bonds. The van der Waals surface area contributed by atoms with E-state index in [0.29, 0.717) is 41.6 Å². The van der Waals surface area contributed by atoms with Crippen molar-refractivity contribution in [1.29, 1.82) is 0 Å². The van der Waals surface area contributed by atoms with E-state index < -0.39 is 6.04 Å². The van der Waals surface area contributed by atoms with Gasteiger partial charge in [-0.15, -0.1) is 11.6 Å². The van der Waals surface area contributed by atoms with E-state index in [1.807, 2.05) is 31.2 Å². The van der Waals surface area contributed by atoms with E-state index in [4.69, 9.17) is 30.5 Å². The molecule has 1 atom stereocenters. The predicted molar refractivity (Wildman–Crippen MR) is 157 cm³/mol. The van der Waals surface area contributed by atoms with Gasteiger partial charge in [-0.2, -0.15) is 0 Å². The third-order valence-corrected chi connectivity index (χ3v) is 7.48. The molecule has 2 aromatic rings. The second-order valence-electron chi connectivity index (χ2n) is 10.0. The first-order valence-electron chi connectivity index (χ1n) is 14.1. The molecule has 40 heavy (non-hydrogen) atoms. The highest BCUT2D eigenvalue weighted by Gasteiger charge is 2.33. The lowest BCUT2D eigenvalue weighted by atomic mass is 10.0. The third kappa shape index (κ3) is 8.43. The van der Waals surface area contributed by atoms with Crippen molar-refractivity contribution in [3.63, 3.8) is 0 Å². The number of hydrogen-bond donors (Lipinski definition) is 1. The highest BCUT2D eigenvalue weighted by atomic mass is 35.5. The van der Waals surface area contributed by atoms with Crippen molar-refractivity contribution in [2.24, 2.45) is 0 Å². The number of nitrogens with zero attached hydrogens (tertiary/aromatic N) is 1. The van der Waals surface area contributed by atoms with Crippen LogP contribution in [0.15, 0.2) is 36.4 Å². The Morgan fingerprint density at radius 2 is 1.57 bits per heavy atom. The standard InChI is InChI=1S/C31H43ClN2O6/c1-5-18-40-26-15-13-23(20-28(26)39-4)30(31(36)33-24-10-8-6-7-9-11-24)34(29(35)21-32)17-16-22-12-14-25(37-2)27(19-22)38-3/h12-15,19-20,24,30H,5-11,16-18,21H2,1-4H3,(H,33,36)/t30-/m0/s1. The van der Waals surface area contributed by atoms with E-state index in [9.17, 15) is 9.59 Å². The van der Waals surface area contributed by atoms with Crippen molar-refractivity contribution in [1.82, 2.24) is 10.2 Å². The molecule has 0 radical (unpaired) electrons. The number of methoxy groups -OCH3 is 3. The van der Waals surface area contributed by atoms with Gasteiger partial charge in [0, 0.05) is 12.6 Å². The smallest absolute Gasteiger partial charge is 0.247 e. The molecule has 1 N–H and O–H groups in total. The lowest BCUT2D eigenvalue weighted by molar-refractivity contribution is -0.139. The summed E-state index contributed by atoms with van der Waals surface area (Å²) in [5.74, 6) is 1.54. The molecule has 1 fully saturated rings. The predicted octanol–water partition coefficient (Wildman–Crippen LogP) is 5.69. The van der Waals surface area contributed by atoms with Crippen molar-refractivity contribution >= 4 is 23.4 Å². The van der Waals surface area contributed by atoms with Crippen LogP contribution in [0.25, 0.3) is 0 Å². The molecular weight excluding hydrogens is 532 g/mol. The van der Waals surface area contributed by atoms with Crippen LogP contribution in [-0.2, 0) is 16.0 Å². The first-order valence-corrected chi connectivity index (χ1v) is 14.7. The average Bonchev–Trinajstić information content (AvgIpc) is 3.26. The largest absolute Gasteiger partial charge is 0.493 e. The van der Waals surface area contributed by atoms with Gasteiger partial charge in [0.05, 0.1) is 27.9 Å². The zero-order valence-electron chi connectivity index (χ0n) is 24.2.